The standard InChI is InChI=1S/C13H19BrO2/c1-4-11(9(2)15)7-10-5-6-13(16-3)12(14)8-10/h5-6,8-9,11,15H,4,7H2,1-3H3. The van der Waals surface area contributed by atoms with Crippen molar-refractivity contribution in [1.29, 1.82) is 0 Å². The van der Waals surface area contributed by atoms with Crippen molar-refractivity contribution in [1.82, 2.24) is 0 Å². The summed E-state index contributed by atoms with van der Waals surface area (Å²) in [5.74, 6) is 1.16. The highest BCUT2D eigenvalue weighted by molar-refractivity contribution is 9.10. The van der Waals surface area contributed by atoms with Gasteiger partial charge >= 0.3 is 0 Å². The monoisotopic (exact) mass is 286 g/mol. The lowest BCUT2D eigenvalue weighted by atomic mass is 9.92. The van der Waals surface area contributed by atoms with Crippen molar-refractivity contribution >= 4 is 15.9 Å². The van der Waals surface area contributed by atoms with Gasteiger partial charge in [-0.3, -0.25) is 0 Å². The van der Waals surface area contributed by atoms with Gasteiger partial charge in [-0.2, -0.15) is 0 Å². The van der Waals surface area contributed by atoms with Gasteiger partial charge in [0, 0.05) is 0 Å². The third kappa shape index (κ3) is 3.49. The van der Waals surface area contributed by atoms with Gasteiger partial charge in [-0.1, -0.05) is 19.4 Å². The van der Waals surface area contributed by atoms with Crippen LogP contribution in [-0.4, -0.2) is 18.3 Å². The third-order valence-electron chi connectivity index (χ3n) is 2.92. The third-order valence-corrected chi connectivity index (χ3v) is 3.54. The molecule has 90 valence electrons. The van der Waals surface area contributed by atoms with Crippen LogP contribution in [0.2, 0.25) is 0 Å². The lowest BCUT2D eigenvalue weighted by Crippen LogP contribution is -2.18. The van der Waals surface area contributed by atoms with Gasteiger partial charge in [-0.05, 0) is 52.9 Å². The van der Waals surface area contributed by atoms with Crippen molar-refractivity contribution in [3.8, 4) is 5.75 Å². The van der Waals surface area contributed by atoms with Crippen molar-refractivity contribution < 1.29 is 9.84 Å². The van der Waals surface area contributed by atoms with Crippen LogP contribution in [0.4, 0.5) is 0 Å². The Morgan fingerprint density at radius 3 is 2.56 bits per heavy atom. The molecule has 2 atom stereocenters. The molecule has 0 saturated heterocycles. The minimum atomic E-state index is -0.258. The number of methoxy groups -OCH3 is 1. The van der Waals surface area contributed by atoms with Crippen molar-refractivity contribution in [2.24, 2.45) is 5.92 Å². The zero-order chi connectivity index (χ0) is 12.1. The molecule has 0 amide bonds. The average molecular weight is 287 g/mol. The van der Waals surface area contributed by atoms with Crippen LogP contribution in [0.1, 0.15) is 25.8 Å². The van der Waals surface area contributed by atoms with Gasteiger partial charge in [-0.15, -0.1) is 0 Å². The number of ether oxygens (including phenoxy) is 1. The normalized spacial score (nSPS) is 14.6. The van der Waals surface area contributed by atoms with E-state index >= 15 is 0 Å². The lowest BCUT2D eigenvalue weighted by Gasteiger charge is -2.18. The predicted molar refractivity (Wildman–Crippen MR) is 69.9 cm³/mol. The predicted octanol–water partition coefficient (Wildman–Crippen LogP) is 3.41. The molecule has 1 aromatic rings. The molecule has 3 heteroatoms. The van der Waals surface area contributed by atoms with Crippen LogP contribution < -0.4 is 4.74 Å². The van der Waals surface area contributed by atoms with Crippen molar-refractivity contribution in [3.63, 3.8) is 0 Å². The molecule has 0 bridgehead atoms. The van der Waals surface area contributed by atoms with E-state index in [-0.39, 0.29) is 6.10 Å². The second-order valence-electron chi connectivity index (χ2n) is 4.08. The highest BCUT2D eigenvalue weighted by Crippen LogP contribution is 2.27. The number of hydrogen-bond donors (Lipinski definition) is 1. The fourth-order valence-corrected chi connectivity index (χ4v) is 2.38. The molecule has 0 aliphatic rings. The minimum Gasteiger partial charge on any atom is -0.496 e. The van der Waals surface area contributed by atoms with Crippen LogP contribution in [0.5, 0.6) is 5.75 Å². The Kier molecular flexibility index (Phi) is 5.29. The van der Waals surface area contributed by atoms with E-state index < -0.39 is 0 Å². The van der Waals surface area contributed by atoms with Gasteiger partial charge in [-0.25, -0.2) is 0 Å². The Hall–Kier alpha value is -0.540. The van der Waals surface area contributed by atoms with E-state index in [1.54, 1.807) is 7.11 Å². The molecule has 0 fully saturated rings. The second-order valence-corrected chi connectivity index (χ2v) is 4.94. The molecule has 0 spiro atoms. The molecule has 0 aliphatic heterocycles. The Bertz CT molecular complexity index is 337. The summed E-state index contributed by atoms with van der Waals surface area (Å²) in [6, 6.07) is 6.06. The molecule has 0 aliphatic carbocycles. The fourth-order valence-electron chi connectivity index (χ4n) is 1.80. The summed E-state index contributed by atoms with van der Waals surface area (Å²) in [6.45, 7) is 3.96. The maximum absolute atomic E-state index is 9.61. The van der Waals surface area contributed by atoms with E-state index in [0.717, 1.165) is 23.1 Å². The van der Waals surface area contributed by atoms with Gasteiger partial charge in [0.2, 0.25) is 0 Å². The Morgan fingerprint density at radius 1 is 1.44 bits per heavy atom. The molecule has 0 aromatic heterocycles. The summed E-state index contributed by atoms with van der Waals surface area (Å²) in [4.78, 5) is 0. The molecule has 1 rings (SSSR count). The Morgan fingerprint density at radius 2 is 2.12 bits per heavy atom. The number of aliphatic hydroxyl groups is 1. The topological polar surface area (TPSA) is 29.5 Å². The summed E-state index contributed by atoms with van der Waals surface area (Å²) in [5.41, 5.74) is 1.22. The minimum absolute atomic E-state index is 0.258. The highest BCUT2D eigenvalue weighted by atomic mass is 79.9. The smallest absolute Gasteiger partial charge is 0.133 e. The Labute approximate surface area is 106 Å². The fraction of sp³-hybridized carbons (Fsp3) is 0.538. The highest BCUT2D eigenvalue weighted by Gasteiger charge is 2.14. The van der Waals surface area contributed by atoms with E-state index in [1.165, 1.54) is 5.56 Å². The molecule has 1 aromatic carbocycles. The Balaban J connectivity index is 2.78. The van der Waals surface area contributed by atoms with Gasteiger partial charge in [0.1, 0.15) is 5.75 Å². The van der Waals surface area contributed by atoms with Crippen LogP contribution in [-0.2, 0) is 6.42 Å². The van der Waals surface area contributed by atoms with Gasteiger partial charge in [0.05, 0.1) is 17.7 Å². The molecular formula is C13H19BrO2. The maximum Gasteiger partial charge on any atom is 0.133 e. The second kappa shape index (κ2) is 6.26. The number of rotatable bonds is 5. The largest absolute Gasteiger partial charge is 0.496 e. The van der Waals surface area contributed by atoms with Crippen LogP contribution in [0.15, 0.2) is 22.7 Å². The van der Waals surface area contributed by atoms with Crippen LogP contribution in [0.3, 0.4) is 0 Å². The first-order valence-corrected chi connectivity index (χ1v) is 6.38. The maximum atomic E-state index is 9.61. The number of hydrogen-bond acceptors (Lipinski definition) is 2. The summed E-state index contributed by atoms with van der Waals surface area (Å²) >= 11 is 3.47. The number of benzene rings is 1. The summed E-state index contributed by atoms with van der Waals surface area (Å²) < 4.78 is 6.15. The van der Waals surface area contributed by atoms with E-state index in [4.69, 9.17) is 4.74 Å². The van der Waals surface area contributed by atoms with Gasteiger partial charge in [0.15, 0.2) is 0 Å². The number of halogens is 1. The first-order chi connectivity index (χ1) is 7.58. The van der Waals surface area contributed by atoms with E-state index in [1.807, 2.05) is 13.0 Å². The van der Waals surface area contributed by atoms with Crippen molar-refractivity contribution in [2.75, 3.05) is 7.11 Å². The van der Waals surface area contributed by atoms with Crippen LogP contribution >= 0.6 is 15.9 Å². The molecule has 16 heavy (non-hydrogen) atoms. The quantitative estimate of drug-likeness (QED) is 0.899. The molecule has 0 saturated carbocycles. The van der Waals surface area contributed by atoms with E-state index in [0.29, 0.717) is 5.92 Å². The van der Waals surface area contributed by atoms with Crippen molar-refractivity contribution in [2.45, 2.75) is 32.8 Å². The summed E-state index contributed by atoms with van der Waals surface area (Å²) in [7, 11) is 1.66. The van der Waals surface area contributed by atoms with E-state index in [9.17, 15) is 5.11 Å². The molecule has 0 heterocycles. The number of aliphatic hydroxyl groups excluding tert-OH is 1. The lowest BCUT2D eigenvalue weighted by molar-refractivity contribution is 0.123. The first-order valence-electron chi connectivity index (χ1n) is 5.59. The zero-order valence-electron chi connectivity index (χ0n) is 10.0. The SMILES string of the molecule is CCC(Cc1ccc(OC)c(Br)c1)C(C)O. The average Bonchev–Trinajstić information content (AvgIpc) is 2.25. The van der Waals surface area contributed by atoms with Crippen LogP contribution in [0.25, 0.3) is 0 Å². The molecule has 2 unspecified atom stereocenters. The van der Waals surface area contributed by atoms with Crippen LogP contribution in [0, 0.1) is 5.92 Å². The molecule has 2 nitrogen and oxygen atoms in total. The van der Waals surface area contributed by atoms with Crippen molar-refractivity contribution in [3.05, 3.63) is 28.2 Å². The summed E-state index contributed by atoms with van der Waals surface area (Å²) in [5, 5.41) is 9.61. The van der Waals surface area contributed by atoms with Gasteiger partial charge < -0.3 is 9.84 Å². The first kappa shape index (κ1) is 13.5. The molecular weight excluding hydrogens is 268 g/mol. The molecule has 1 N–H and O–H groups in total. The molecule has 0 radical (unpaired) electrons. The summed E-state index contributed by atoms with van der Waals surface area (Å²) in [6.07, 6.45) is 1.63. The zero-order valence-corrected chi connectivity index (χ0v) is 11.6. The van der Waals surface area contributed by atoms with E-state index in [2.05, 4.69) is 35.0 Å². The van der Waals surface area contributed by atoms with Gasteiger partial charge in [0.25, 0.3) is 0 Å².